The second kappa shape index (κ2) is 10.5. The summed E-state index contributed by atoms with van der Waals surface area (Å²) in [6.45, 7) is 6.24. The summed E-state index contributed by atoms with van der Waals surface area (Å²) in [5.74, 6) is 1.70. The van der Waals surface area contributed by atoms with Crippen molar-refractivity contribution in [2.45, 2.75) is 6.92 Å². The van der Waals surface area contributed by atoms with Crippen LogP contribution in [0, 0.1) is 0 Å². The molecule has 0 atom stereocenters. The van der Waals surface area contributed by atoms with E-state index in [1.807, 2.05) is 53.4 Å². The molecule has 0 N–H and O–H groups in total. The van der Waals surface area contributed by atoms with E-state index >= 15 is 0 Å². The predicted molar refractivity (Wildman–Crippen MR) is 130 cm³/mol. The molecule has 31 heavy (non-hydrogen) atoms. The van der Waals surface area contributed by atoms with E-state index in [1.54, 1.807) is 27.4 Å². The summed E-state index contributed by atoms with van der Waals surface area (Å²) in [6.07, 6.45) is 1.76. The van der Waals surface area contributed by atoms with E-state index < -0.39 is 0 Å². The lowest BCUT2D eigenvalue weighted by Gasteiger charge is -2.14. The van der Waals surface area contributed by atoms with Crippen molar-refractivity contribution in [3.63, 3.8) is 0 Å². The van der Waals surface area contributed by atoms with Crippen molar-refractivity contribution in [3.8, 4) is 28.5 Å². The molecule has 0 aliphatic heterocycles. The molecule has 162 valence electrons. The van der Waals surface area contributed by atoms with Gasteiger partial charge in [-0.1, -0.05) is 34.1 Å². The minimum Gasteiger partial charge on any atom is -0.493 e. The van der Waals surface area contributed by atoms with Crippen LogP contribution in [0.5, 0.6) is 17.2 Å². The van der Waals surface area contributed by atoms with Crippen LogP contribution in [-0.2, 0) is 0 Å². The Morgan fingerprint density at radius 1 is 1.10 bits per heavy atom. The maximum Gasteiger partial charge on any atom is 0.206 e. The number of halogens is 1. The highest BCUT2D eigenvalue weighted by Crippen LogP contribution is 2.41. The molecule has 3 rings (SSSR count). The van der Waals surface area contributed by atoms with Crippen molar-refractivity contribution in [2.24, 2.45) is 10.1 Å². The minimum absolute atomic E-state index is 0.502. The number of methoxy groups -OCH3 is 3. The van der Waals surface area contributed by atoms with E-state index in [0.29, 0.717) is 23.8 Å². The fraction of sp³-hybridized carbons (Fsp3) is 0.217. The lowest BCUT2D eigenvalue weighted by Crippen LogP contribution is -2.14. The Morgan fingerprint density at radius 3 is 2.29 bits per heavy atom. The number of thiazole rings is 1. The first-order valence-corrected chi connectivity index (χ1v) is 11.1. The molecule has 0 amide bonds. The summed E-state index contributed by atoms with van der Waals surface area (Å²) in [5.41, 5.74) is 3.62. The lowest BCUT2D eigenvalue weighted by molar-refractivity contribution is 0.324. The van der Waals surface area contributed by atoms with E-state index in [0.717, 1.165) is 31.8 Å². The van der Waals surface area contributed by atoms with E-state index in [4.69, 9.17) is 19.3 Å². The Morgan fingerprint density at radius 2 is 1.74 bits per heavy atom. The largest absolute Gasteiger partial charge is 0.493 e. The quantitative estimate of drug-likeness (QED) is 0.308. The smallest absolute Gasteiger partial charge is 0.206 e. The van der Waals surface area contributed by atoms with Crippen LogP contribution in [0.15, 0.2) is 69.0 Å². The molecule has 0 saturated heterocycles. The van der Waals surface area contributed by atoms with Gasteiger partial charge in [0.2, 0.25) is 10.6 Å². The van der Waals surface area contributed by atoms with Crippen LogP contribution in [0.1, 0.15) is 12.5 Å². The average Bonchev–Trinajstić information content (AvgIpc) is 3.19. The minimum atomic E-state index is 0.502. The standard InChI is InChI=1S/C23H24BrN3O3S/c1-6-11-25-23-27(26-15(2)16-7-9-18(24)10-8-16)19(14-31-23)17-12-20(28-3)22(30-5)21(13-17)29-4/h6-10,12-14H,1,11H2,2-5H3. The average molecular weight is 502 g/mol. The Hall–Kier alpha value is -2.84. The third-order valence-corrected chi connectivity index (χ3v) is 5.90. The molecule has 0 spiro atoms. The summed E-state index contributed by atoms with van der Waals surface area (Å²) < 4.78 is 19.4. The van der Waals surface area contributed by atoms with Gasteiger partial charge in [-0.05, 0) is 36.8 Å². The molecular formula is C23H24BrN3O3S. The Kier molecular flexibility index (Phi) is 7.70. The maximum absolute atomic E-state index is 5.53. The van der Waals surface area contributed by atoms with Crippen molar-refractivity contribution in [3.05, 3.63) is 69.3 Å². The number of benzene rings is 2. The summed E-state index contributed by atoms with van der Waals surface area (Å²) >= 11 is 4.98. The van der Waals surface area contributed by atoms with E-state index in [1.165, 1.54) is 11.3 Å². The van der Waals surface area contributed by atoms with Gasteiger partial charge < -0.3 is 14.2 Å². The van der Waals surface area contributed by atoms with Crippen LogP contribution in [0.3, 0.4) is 0 Å². The van der Waals surface area contributed by atoms with Crippen LogP contribution in [-0.4, -0.2) is 38.3 Å². The van der Waals surface area contributed by atoms with Gasteiger partial charge in [0.15, 0.2) is 11.5 Å². The third-order valence-electron chi connectivity index (χ3n) is 4.51. The number of hydrogen-bond donors (Lipinski definition) is 0. The van der Waals surface area contributed by atoms with Crippen LogP contribution in [0.4, 0.5) is 0 Å². The number of hydrogen-bond acceptors (Lipinski definition) is 6. The van der Waals surface area contributed by atoms with Crippen LogP contribution in [0.25, 0.3) is 11.3 Å². The molecule has 1 heterocycles. The molecule has 0 fully saturated rings. The van der Waals surface area contributed by atoms with Gasteiger partial charge in [-0.25, -0.2) is 4.68 Å². The second-order valence-corrected chi connectivity index (χ2v) is 8.20. The van der Waals surface area contributed by atoms with Crippen LogP contribution in [0.2, 0.25) is 0 Å². The Bertz CT molecular complexity index is 1140. The third kappa shape index (κ3) is 5.08. The number of rotatable bonds is 8. The van der Waals surface area contributed by atoms with Gasteiger partial charge in [-0.2, -0.15) is 5.10 Å². The van der Waals surface area contributed by atoms with Crippen molar-refractivity contribution in [2.75, 3.05) is 27.9 Å². The van der Waals surface area contributed by atoms with Gasteiger partial charge in [0, 0.05) is 15.4 Å². The normalized spacial score (nSPS) is 12.0. The van der Waals surface area contributed by atoms with E-state index in [-0.39, 0.29) is 0 Å². The number of ether oxygens (including phenoxy) is 3. The maximum atomic E-state index is 5.53. The van der Waals surface area contributed by atoms with Crippen molar-refractivity contribution < 1.29 is 14.2 Å². The molecule has 3 aromatic rings. The second-order valence-electron chi connectivity index (χ2n) is 6.45. The zero-order chi connectivity index (χ0) is 22.4. The summed E-state index contributed by atoms with van der Waals surface area (Å²) in [4.78, 5) is 5.38. The fourth-order valence-electron chi connectivity index (χ4n) is 2.97. The molecule has 6 nitrogen and oxygen atoms in total. The predicted octanol–water partition coefficient (Wildman–Crippen LogP) is 5.36. The van der Waals surface area contributed by atoms with Gasteiger partial charge >= 0.3 is 0 Å². The lowest BCUT2D eigenvalue weighted by atomic mass is 10.1. The topological polar surface area (TPSA) is 57.3 Å². The Labute approximate surface area is 194 Å². The van der Waals surface area contributed by atoms with Gasteiger partial charge in [0.25, 0.3) is 0 Å². The van der Waals surface area contributed by atoms with Crippen molar-refractivity contribution >= 4 is 33.0 Å². The molecule has 2 aromatic carbocycles. The molecular weight excluding hydrogens is 478 g/mol. The molecule has 0 bridgehead atoms. The van der Waals surface area contributed by atoms with Gasteiger partial charge in [0.05, 0.1) is 39.3 Å². The molecule has 0 radical (unpaired) electrons. The van der Waals surface area contributed by atoms with Gasteiger partial charge in [-0.3, -0.25) is 4.99 Å². The molecule has 0 aliphatic carbocycles. The highest BCUT2D eigenvalue weighted by Gasteiger charge is 2.17. The zero-order valence-electron chi connectivity index (χ0n) is 17.9. The highest BCUT2D eigenvalue weighted by molar-refractivity contribution is 9.10. The molecule has 8 heteroatoms. The fourth-order valence-corrected chi connectivity index (χ4v) is 4.08. The van der Waals surface area contributed by atoms with Gasteiger partial charge in [0.1, 0.15) is 0 Å². The SMILES string of the molecule is C=CCN=c1scc(-c2cc(OC)c(OC)c(OC)c2)n1N=C(C)c1ccc(Br)cc1. The first-order valence-electron chi connectivity index (χ1n) is 9.46. The first kappa shape index (κ1) is 22.8. The molecule has 0 unspecified atom stereocenters. The van der Waals surface area contributed by atoms with E-state index in [2.05, 4.69) is 27.5 Å². The molecule has 0 saturated carbocycles. The molecule has 0 aliphatic rings. The van der Waals surface area contributed by atoms with Crippen LogP contribution < -0.4 is 19.0 Å². The van der Waals surface area contributed by atoms with Crippen molar-refractivity contribution in [1.29, 1.82) is 0 Å². The summed E-state index contributed by atoms with van der Waals surface area (Å²) in [6, 6.07) is 11.8. The summed E-state index contributed by atoms with van der Waals surface area (Å²) in [7, 11) is 4.79. The monoisotopic (exact) mass is 501 g/mol. The highest BCUT2D eigenvalue weighted by atomic mass is 79.9. The van der Waals surface area contributed by atoms with Crippen LogP contribution >= 0.6 is 27.3 Å². The molecule has 1 aromatic heterocycles. The number of aromatic nitrogens is 1. The Balaban J connectivity index is 2.21. The zero-order valence-corrected chi connectivity index (χ0v) is 20.3. The summed E-state index contributed by atoms with van der Waals surface area (Å²) in [5, 5.41) is 6.90. The first-order chi connectivity index (χ1) is 15.0. The van der Waals surface area contributed by atoms with Crippen molar-refractivity contribution in [1.82, 2.24) is 4.68 Å². The number of nitrogens with zero attached hydrogens (tertiary/aromatic N) is 3. The van der Waals surface area contributed by atoms with E-state index in [9.17, 15) is 0 Å². The van der Waals surface area contributed by atoms with Gasteiger partial charge in [-0.15, -0.1) is 17.9 Å².